The lowest BCUT2D eigenvalue weighted by Crippen LogP contribution is -2.28. The number of sulfonamides is 1. The molecule has 2 aliphatic heterocycles. The third kappa shape index (κ3) is 6.92. The maximum absolute atomic E-state index is 11.5. The molecule has 1 aliphatic carbocycles. The summed E-state index contributed by atoms with van der Waals surface area (Å²) in [6, 6.07) is 0. The van der Waals surface area contributed by atoms with E-state index in [0.717, 1.165) is 44.8 Å². The van der Waals surface area contributed by atoms with Crippen molar-refractivity contribution in [3.63, 3.8) is 0 Å². The van der Waals surface area contributed by atoms with Crippen molar-refractivity contribution in [2.45, 2.75) is 88.9 Å². The first-order valence-corrected chi connectivity index (χ1v) is 13.4. The predicted molar refractivity (Wildman–Crippen MR) is 117 cm³/mol. The number of hydrogen-bond donors (Lipinski definition) is 2. The van der Waals surface area contributed by atoms with E-state index in [2.05, 4.69) is 18.2 Å². The van der Waals surface area contributed by atoms with E-state index in [1.807, 2.05) is 10.8 Å². The summed E-state index contributed by atoms with van der Waals surface area (Å²) < 4.78 is 30.2. The molecule has 1 saturated carbocycles. The summed E-state index contributed by atoms with van der Waals surface area (Å²) in [7, 11) is -3.47. The van der Waals surface area contributed by atoms with Gasteiger partial charge in [-0.15, -0.1) is 0 Å². The summed E-state index contributed by atoms with van der Waals surface area (Å²) in [5.41, 5.74) is 0. The standard InChI is InChI=1S/C23H37NO5S/c1-30(27,28)24-23(26)12-8-3-2-7-11-18-19(22-16-15-21(18)29-22)13-14-20(25)17-9-5-4-6-10-17/h2,7,13-14,17-22,25H,3-6,8-12,15-16H2,1H3,(H,24,26)/b7-2-,14-13+/t18-,19+,20?,21-,22+/m1/s1. The summed E-state index contributed by atoms with van der Waals surface area (Å²) in [6.45, 7) is 0. The first-order valence-electron chi connectivity index (χ1n) is 11.5. The third-order valence-corrected chi connectivity index (χ3v) is 7.40. The minimum absolute atomic E-state index is 0.207. The van der Waals surface area contributed by atoms with Gasteiger partial charge in [-0.2, -0.15) is 0 Å². The van der Waals surface area contributed by atoms with Gasteiger partial charge in [0, 0.05) is 12.3 Å². The molecular formula is C23H37NO5S. The molecule has 1 unspecified atom stereocenters. The molecule has 0 radical (unpaired) electrons. The van der Waals surface area contributed by atoms with Crippen LogP contribution in [0.4, 0.5) is 0 Å². The highest BCUT2D eigenvalue weighted by Crippen LogP contribution is 2.46. The number of allylic oxidation sites excluding steroid dienone is 2. The molecule has 2 bridgehead atoms. The van der Waals surface area contributed by atoms with E-state index >= 15 is 0 Å². The number of unbranched alkanes of at least 4 members (excludes halogenated alkanes) is 1. The first-order chi connectivity index (χ1) is 14.3. The Hall–Kier alpha value is -1.18. The molecule has 7 heteroatoms. The van der Waals surface area contributed by atoms with Gasteiger partial charge in [0.25, 0.3) is 0 Å². The fourth-order valence-corrected chi connectivity index (χ4v) is 5.79. The molecule has 170 valence electrons. The average molecular weight is 440 g/mol. The van der Waals surface area contributed by atoms with Gasteiger partial charge in [-0.3, -0.25) is 9.52 Å². The van der Waals surface area contributed by atoms with Crippen LogP contribution in [0.5, 0.6) is 0 Å². The van der Waals surface area contributed by atoms with Crippen LogP contribution in [0.1, 0.15) is 70.6 Å². The van der Waals surface area contributed by atoms with Gasteiger partial charge in [0.15, 0.2) is 0 Å². The van der Waals surface area contributed by atoms with Crippen LogP contribution in [0.2, 0.25) is 0 Å². The molecule has 3 rings (SSSR count). The predicted octanol–water partition coefficient (Wildman–Crippen LogP) is 3.47. The van der Waals surface area contributed by atoms with Crippen molar-refractivity contribution in [1.82, 2.24) is 4.72 Å². The molecule has 0 aromatic heterocycles. The van der Waals surface area contributed by atoms with E-state index in [9.17, 15) is 18.3 Å². The number of aliphatic hydroxyl groups excluding tert-OH is 1. The number of carbonyl (C=O) groups is 1. The number of carbonyl (C=O) groups excluding carboxylic acids is 1. The van der Waals surface area contributed by atoms with Gasteiger partial charge in [-0.05, 0) is 56.8 Å². The van der Waals surface area contributed by atoms with Crippen LogP contribution in [-0.2, 0) is 19.6 Å². The second kappa shape index (κ2) is 10.9. The van der Waals surface area contributed by atoms with Crippen LogP contribution in [0.15, 0.2) is 24.3 Å². The molecule has 3 fully saturated rings. The molecule has 5 atom stereocenters. The smallest absolute Gasteiger partial charge is 0.233 e. The Kier molecular flexibility index (Phi) is 8.54. The monoisotopic (exact) mass is 439 g/mol. The molecule has 0 spiro atoms. The summed E-state index contributed by atoms with van der Waals surface area (Å²) in [5, 5.41) is 10.6. The molecule has 0 aromatic carbocycles. The van der Waals surface area contributed by atoms with Crippen molar-refractivity contribution < 1.29 is 23.1 Å². The van der Waals surface area contributed by atoms with Crippen molar-refractivity contribution in [1.29, 1.82) is 0 Å². The van der Waals surface area contributed by atoms with Gasteiger partial charge >= 0.3 is 0 Å². The fraction of sp³-hybridized carbons (Fsp3) is 0.783. The first kappa shape index (κ1) is 23.5. The molecule has 2 N–H and O–H groups in total. The molecule has 1 amide bonds. The number of amides is 1. The maximum Gasteiger partial charge on any atom is 0.233 e. The van der Waals surface area contributed by atoms with Crippen molar-refractivity contribution in [2.24, 2.45) is 17.8 Å². The van der Waals surface area contributed by atoms with E-state index in [4.69, 9.17) is 4.74 Å². The number of aliphatic hydroxyl groups is 1. The summed E-state index contributed by atoms with van der Waals surface area (Å²) >= 11 is 0. The van der Waals surface area contributed by atoms with Crippen molar-refractivity contribution in [3.05, 3.63) is 24.3 Å². The molecule has 0 aromatic rings. The Labute approximate surface area is 181 Å². The number of fused-ring (bicyclic) bond motifs is 2. The van der Waals surface area contributed by atoms with Crippen LogP contribution >= 0.6 is 0 Å². The zero-order valence-corrected chi connectivity index (χ0v) is 18.9. The van der Waals surface area contributed by atoms with Crippen molar-refractivity contribution >= 4 is 15.9 Å². The molecule has 30 heavy (non-hydrogen) atoms. The van der Waals surface area contributed by atoms with Crippen molar-refractivity contribution in [3.8, 4) is 0 Å². The second-order valence-corrected chi connectivity index (χ2v) is 11.0. The number of nitrogens with one attached hydrogen (secondary N) is 1. The number of rotatable bonds is 10. The second-order valence-electron chi connectivity index (χ2n) is 9.20. The molecular weight excluding hydrogens is 402 g/mol. The quantitative estimate of drug-likeness (QED) is 0.402. The van der Waals surface area contributed by atoms with Gasteiger partial charge in [-0.1, -0.05) is 43.6 Å². The average Bonchev–Trinajstić information content (AvgIpc) is 3.30. The minimum atomic E-state index is -3.47. The Morgan fingerprint density at radius 2 is 1.87 bits per heavy atom. The molecule has 6 nitrogen and oxygen atoms in total. The highest BCUT2D eigenvalue weighted by atomic mass is 32.2. The largest absolute Gasteiger partial charge is 0.389 e. The summed E-state index contributed by atoms with van der Waals surface area (Å²) in [6.07, 6.45) is 20.5. The third-order valence-electron chi connectivity index (χ3n) is 6.80. The normalized spacial score (nSPS) is 31.0. The summed E-state index contributed by atoms with van der Waals surface area (Å²) in [5.74, 6) is 0.775. The molecule has 3 aliphatic rings. The van der Waals surface area contributed by atoms with Gasteiger partial charge < -0.3 is 9.84 Å². The lowest BCUT2D eigenvalue weighted by molar-refractivity contribution is -0.119. The maximum atomic E-state index is 11.5. The SMILES string of the molecule is CS(=O)(=O)NC(=O)CCC/C=C\C[C@@H]1[C@H](/C=C/C(O)C2CCCCC2)[C@@H]2CC[C@H]1O2. The van der Waals surface area contributed by atoms with E-state index in [0.29, 0.717) is 30.3 Å². The lowest BCUT2D eigenvalue weighted by Gasteiger charge is -2.27. The van der Waals surface area contributed by atoms with Crippen LogP contribution in [0.3, 0.4) is 0 Å². The van der Waals surface area contributed by atoms with Crippen LogP contribution in [-0.4, -0.2) is 44.0 Å². The Morgan fingerprint density at radius 1 is 1.13 bits per heavy atom. The minimum Gasteiger partial charge on any atom is -0.389 e. The van der Waals surface area contributed by atoms with Gasteiger partial charge in [0.1, 0.15) is 0 Å². The summed E-state index contributed by atoms with van der Waals surface area (Å²) in [4.78, 5) is 11.5. The Bertz CT molecular complexity index is 726. The van der Waals surface area contributed by atoms with Gasteiger partial charge in [-0.25, -0.2) is 8.42 Å². The number of hydrogen-bond acceptors (Lipinski definition) is 5. The Balaban J connectivity index is 1.43. The molecule has 2 saturated heterocycles. The topological polar surface area (TPSA) is 92.7 Å². The number of ether oxygens (including phenoxy) is 1. The van der Waals surface area contributed by atoms with Crippen LogP contribution < -0.4 is 4.72 Å². The van der Waals surface area contributed by atoms with E-state index in [1.54, 1.807) is 0 Å². The van der Waals surface area contributed by atoms with Gasteiger partial charge in [0.05, 0.1) is 24.6 Å². The van der Waals surface area contributed by atoms with E-state index < -0.39 is 15.9 Å². The fourth-order valence-electron chi connectivity index (χ4n) is 5.27. The van der Waals surface area contributed by atoms with Crippen molar-refractivity contribution in [2.75, 3.05) is 6.26 Å². The zero-order valence-electron chi connectivity index (χ0n) is 18.0. The van der Waals surface area contributed by atoms with E-state index in [1.165, 1.54) is 19.3 Å². The highest BCUT2D eigenvalue weighted by Gasteiger charge is 2.46. The Morgan fingerprint density at radius 3 is 2.60 bits per heavy atom. The van der Waals surface area contributed by atoms with Gasteiger partial charge in [0.2, 0.25) is 15.9 Å². The zero-order chi connectivity index (χ0) is 21.6. The van der Waals surface area contributed by atoms with Crippen LogP contribution in [0, 0.1) is 17.8 Å². The highest BCUT2D eigenvalue weighted by molar-refractivity contribution is 7.89. The van der Waals surface area contributed by atoms with E-state index in [-0.39, 0.29) is 18.6 Å². The molecule has 2 heterocycles. The lowest BCUT2D eigenvalue weighted by atomic mass is 9.76. The van der Waals surface area contributed by atoms with Crippen LogP contribution in [0.25, 0.3) is 0 Å².